The van der Waals surface area contributed by atoms with Crippen LogP contribution in [0.1, 0.15) is 24.3 Å². The molecular weight excluding hydrogens is 689 g/mol. The lowest BCUT2D eigenvalue weighted by Crippen LogP contribution is -2.60. The summed E-state index contributed by atoms with van der Waals surface area (Å²) >= 11 is 14.7. The topological polar surface area (TPSA) is 123 Å². The van der Waals surface area contributed by atoms with Crippen LogP contribution in [0.25, 0.3) is 10.8 Å². The third kappa shape index (κ3) is 4.69. The molecule has 2 aliphatic heterocycles. The Kier molecular flexibility index (Phi) is 7.63. The lowest BCUT2D eigenvalue weighted by Gasteiger charge is -2.51. The van der Waals surface area contributed by atoms with Gasteiger partial charge in [0.2, 0.25) is 11.8 Å². The third-order valence-electron chi connectivity index (χ3n) is 11.0. The summed E-state index contributed by atoms with van der Waals surface area (Å²) in [4.78, 5) is 56.5. The average Bonchev–Trinajstić information content (AvgIpc) is 3.46. The predicted octanol–water partition coefficient (Wildman–Crippen LogP) is 7.22. The minimum Gasteiger partial charge on any atom is -0.508 e. The van der Waals surface area contributed by atoms with E-state index in [0.717, 1.165) is 16.0 Å². The fourth-order valence-corrected chi connectivity index (χ4v) is 9.51. The van der Waals surface area contributed by atoms with Gasteiger partial charge in [0, 0.05) is 38.3 Å². The van der Waals surface area contributed by atoms with Crippen molar-refractivity contribution in [3.05, 3.63) is 102 Å². The number of hydrogen-bond donors (Lipinski definition) is 1. The van der Waals surface area contributed by atoms with Crippen molar-refractivity contribution in [2.45, 2.75) is 28.5 Å². The molecule has 4 amide bonds. The largest absolute Gasteiger partial charge is 0.508 e. The highest BCUT2D eigenvalue weighted by Crippen LogP contribution is 2.66. The molecule has 4 aliphatic rings. The van der Waals surface area contributed by atoms with Gasteiger partial charge < -0.3 is 10.0 Å². The number of carbonyl (C=O) groups is 4. The number of allylic oxidation sites excluding steroid dienone is 2. The molecule has 3 fully saturated rings. The van der Waals surface area contributed by atoms with Gasteiger partial charge in [-0.3, -0.25) is 29.0 Å². The van der Waals surface area contributed by atoms with Gasteiger partial charge in [-0.25, -0.2) is 0 Å². The summed E-state index contributed by atoms with van der Waals surface area (Å²) < 4.78 is 0. The second-order valence-electron chi connectivity index (χ2n) is 13.9. The highest BCUT2D eigenvalue weighted by atomic mass is 35.5. The van der Waals surface area contributed by atoms with Crippen molar-refractivity contribution in [3.63, 3.8) is 0 Å². The Balaban J connectivity index is 1.16. The number of hydrogen-bond acceptors (Lipinski definition) is 8. The first kappa shape index (κ1) is 33.1. The van der Waals surface area contributed by atoms with E-state index < -0.39 is 51.1 Å². The van der Waals surface area contributed by atoms with E-state index in [-0.39, 0.29) is 24.5 Å². The fourth-order valence-electron chi connectivity index (χ4n) is 8.50. The number of fused-ring (bicyclic) bond motifs is 5. The van der Waals surface area contributed by atoms with Crippen molar-refractivity contribution in [3.8, 4) is 5.75 Å². The molecule has 2 saturated heterocycles. The number of aromatic hydroxyl groups is 1. The van der Waals surface area contributed by atoms with Crippen molar-refractivity contribution in [2.75, 3.05) is 30.9 Å². The summed E-state index contributed by atoms with van der Waals surface area (Å²) in [5.41, 5.74) is 3.60. The molecule has 0 radical (unpaired) electrons. The first-order valence-corrected chi connectivity index (χ1v) is 17.4. The van der Waals surface area contributed by atoms with E-state index in [2.05, 4.69) is 10.2 Å². The number of halogens is 2. The van der Waals surface area contributed by atoms with Gasteiger partial charge in [-0.15, -0.1) is 23.2 Å². The van der Waals surface area contributed by atoms with Crippen molar-refractivity contribution in [2.24, 2.45) is 28.0 Å². The number of amides is 4. The van der Waals surface area contributed by atoms with Gasteiger partial charge in [0.25, 0.3) is 11.8 Å². The number of imide groups is 2. The minimum atomic E-state index is -2.00. The molecule has 51 heavy (non-hydrogen) atoms. The van der Waals surface area contributed by atoms with Gasteiger partial charge in [-0.1, -0.05) is 42.0 Å². The monoisotopic (exact) mass is 721 g/mol. The number of phenolic OH excluding ortho intramolecular Hbond substituents is 1. The zero-order valence-corrected chi connectivity index (χ0v) is 29.5. The second kappa shape index (κ2) is 11.7. The molecule has 4 aromatic carbocycles. The summed E-state index contributed by atoms with van der Waals surface area (Å²) in [5, 5.41) is 21.5. The molecule has 4 aromatic rings. The van der Waals surface area contributed by atoms with E-state index in [0.29, 0.717) is 33.6 Å². The molecule has 2 heterocycles. The number of alkyl halides is 2. The molecule has 0 bridgehead atoms. The number of nitrogens with zero attached hydrogens (tertiary/aromatic N) is 5. The van der Waals surface area contributed by atoms with Crippen LogP contribution >= 0.6 is 23.2 Å². The zero-order valence-electron chi connectivity index (χ0n) is 28.0. The molecule has 0 spiro atoms. The summed E-state index contributed by atoms with van der Waals surface area (Å²) in [5.74, 6) is -5.63. The van der Waals surface area contributed by atoms with Gasteiger partial charge >= 0.3 is 0 Å². The van der Waals surface area contributed by atoms with Crippen molar-refractivity contribution in [1.82, 2.24) is 4.90 Å². The molecule has 258 valence electrons. The van der Waals surface area contributed by atoms with Crippen LogP contribution in [0.5, 0.6) is 5.75 Å². The first-order valence-electron chi connectivity index (χ1n) is 16.6. The van der Waals surface area contributed by atoms with Crippen LogP contribution in [0.3, 0.4) is 0 Å². The molecule has 10 nitrogen and oxygen atoms in total. The predicted molar refractivity (Wildman–Crippen MR) is 195 cm³/mol. The zero-order chi connectivity index (χ0) is 36.0. The SMILES string of the molecule is CN1C(=O)[C@]2(Cl)C[C@@H]3C(=CC[C@@H]4C(=O)N(c5ccc(N=Nc6ccc(N(C)C)cc6)cc5)C(=O)[C@@H]43)[C@H](c3c(O)ccc4ccccc34)[C@]2(Cl)C1=O. The van der Waals surface area contributed by atoms with E-state index in [9.17, 15) is 24.3 Å². The van der Waals surface area contributed by atoms with E-state index in [1.807, 2.05) is 73.6 Å². The molecule has 6 atom stereocenters. The quantitative estimate of drug-likeness (QED) is 0.101. The molecule has 0 aromatic heterocycles. The van der Waals surface area contributed by atoms with E-state index >= 15 is 0 Å². The summed E-state index contributed by atoms with van der Waals surface area (Å²) in [6.45, 7) is 0. The molecule has 0 unspecified atom stereocenters. The van der Waals surface area contributed by atoms with E-state index in [1.165, 1.54) is 18.0 Å². The minimum absolute atomic E-state index is 0.116. The molecule has 12 heteroatoms. The number of phenols is 1. The smallest absolute Gasteiger partial charge is 0.253 e. The van der Waals surface area contributed by atoms with Crippen LogP contribution in [-0.2, 0) is 19.2 Å². The highest BCUT2D eigenvalue weighted by molar-refractivity contribution is 6.53. The van der Waals surface area contributed by atoms with Gasteiger partial charge in [0.1, 0.15) is 5.75 Å². The van der Waals surface area contributed by atoms with Gasteiger partial charge in [-0.05, 0) is 84.1 Å². The average molecular weight is 723 g/mol. The van der Waals surface area contributed by atoms with E-state index in [1.54, 1.807) is 30.3 Å². The summed E-state index contributed by atoms with van der Waals surface area (Å²) in [6.07, 6.45) is 1.93. The van der Waals surface area contributed by atoms with Gasteiger partial charge in [0.15, 0.2) is 9.75 Å². The normalized spacial score (nSPS) is 28.7. The number of rotatable bonds is 5. The number of anilines is 2. The molecule has 1 N–H and O–H groups in total. The maximum absolute atomic E-state index is 14.4. The summed E-state index contributed by atoms with van der Waals surface area (Å²) in [7, 11) is 5.25. The maximum Gasteiger partial charge on any atom is 0.253 e. The number of benzene rings is 4. The van der Waals surface area contributed by atoms with Gasteiger partial charge in [-0.2, -0.15) is 10.2 Å². The van der Waals surface area contributed by atoms with Crippen LogP contribution in [-0.4, -0.2) is 64.5 Å². The molecular formula is C39H33Cl2N5O5. The van der Waals surface area contributed by atoms with Crippen LogP contribution in [0.4, 0.5) is 22.7 Å². The number of likely N-dealkylation sites (tertiary alicyclic amines) is 1. The lowest BCUT2D eigenvalue weighted by molar-refractivity contribution is -0.138. The number of carbonyl (C=O) groups excluding carboxylic acids is 4. The second-order valence-corrected chi connectivity index (χ2v) is 15.1. The van der Waals surface area contributed by atoms with Crippen LogP contribution in [0.15, 0.2) is 107 Å². The van der Waals surface area contributed by atoms with Crippen LogP contribution in [0.2, 0.25) is 0 Å². The Morgan fingerprint density at radius 3 is 2.12 bits per heavy atom. The number of azo groups is 1. The lowest BCUT2D eigenvalue weighted by atomic mass is 9.56. The van der Waals surface area contributed by atoms with Crippen molar-refractivity contribution < 1.29 is 24.3 Å². The highest BCUT2D eigenvalue weighted by Gasteiger charge is 2.76. The Morgan fingerprint density at radius 1 is 0.804 bits per heavy atom. The molecule has 8 rings (SSSR count). The Bertz CT molecular complexity index is 2220. The van der Waals surface area contributed by atoms with Crippen molar-refractivity contribution in [1.29, 1.82) is 0 Å². The fraction of sp³-hybridized carbons (Fsp3) is 0.282. The Labute approximate surface area is 303 Å². The van der Waals surface area contributed by atoms with Crippen LogP contribution < -0.4 is 9.80 Å². The van der Waals surface area contributed by atoms with Crippen LogP contribution in [0, 0.1) is 17.8 Å². The van der Waals surface area contributed by atoms with Gasteiger partial charge in [0.05, 0.1) is 28.9 Å². The standard InChI is InChI=1S/C39H33Cl2N5O5/c1-44(2)24-13-9-22(10-14-24)42-43-23-11-15-25(16-12-23)46-34(48)28-18-17-27-29(31(28)35(46)49)20-38(40)36(50)45(3)37(51)39(38,41)33(27)32-26-7-5-4-6-21(26)8-19-30(32)47/h4-17,19,28-29,31,33,47H,18,20H2,1-3H3/t28-,29+,31-,33+,38+,39-/m0/s1. The molecule has 2 aliphatic carbocycles. The maximum atomic E-state index is 14.4. The van der Waals surface area contributed by atoms with E-state index in [4.69, 9.17) is 23.2 Å². The summed E-state index contributed by atoms with van der Waals surface area (Å²) in [6, 6.07) is 25.0. The Hall–Kier alpha value is -5.06. The first-order chi connectivity index (χ1) is 24.4. The third-order valence-corrected chi connectivity index (χ3v) is 12.4. The van der Waals surface area contributed by atoms with Crippen molar-refractivity contribution >= 4 is 80.4 Å². The Morgan fingerprint density at radius 2 is 1.45 bits per heavy atom. The molecule has 1 saturated carbocycles.